The SMILES string of the molecule is CCCNC(Cc1csc2ccccc12)C(C)(C)CC. The van der Waals surface area contributed by atoms with Crippen LogP contribution in [0.4, 0.5) is 0 Å². The molecule has 1 nitrogen and oxygen atoms in total. The molecule has 0 amide bonds. The average Bonchev–Trinajstić information content (AvgIpc) is 2.86. The van der Waals surface area contributed by atoms with Gasteiger partial charge in [0, 0.05) is 10.7 Å². The first-order valence-corrected chi connectivity index (χ1v) is 8.65. The van der Waals surface area contributed by atoms with Crippen LogP contribution in [0.5, 0.6) is 0 Å². The van der Waals surface area contributed by atoms with E-state index in [-0.39, 0.29) is 0 Å². The zero-order valence-corrected chi connectivity index (χ0v) is 14.0. The van der Waals surface area contributed by atoms with Crippen molar-refractivity contribution >= 4 is 21.4 Å². The van der Waals surface area contributed by atoms with E-state index in [1.54, 1.807) is 0 Å². The minimum Gasteiger partial charge on any atom is -0.313 e. The molecule has 0 bridgehead atoms. The zero-order valence-electron chi connectivity index (χ0n) is 13.2. The van der Waals surface area contributed by atoms with Gasteiger partial charge in [0.25, 0.3) is 0 Å². The van der Waals surface area contributed by atoms with Crippen molar-refractivity contribution in [2.75, 3.05) is 6.54 Å². The molecule has 1 heterocycles. The van der Waals surface area contributed by atoms with Gasteiger partial charge in [0.15, 0.2) is 0 Å². The lowest BCUT2D eigenvalue weighted by Crippen LogP contribution is -2.43. The number of hydrogen-bond donors (Lipinski definition) is 1. The third-order valence-corrected chi connectivity index (χ3v) is 5.49. The summed E-state index contributed by atoms with van der Waals surface area (Å²) in [5, 5.41) is 7.55. The highest BCUT2D eigenvalue weighted by molar-refractivity contribution is 7.17. The maximum Gasteiger partial charge on any atom is 0.0345 e. The molecule has 0 saturated heterocycles. The second-order valence-corrected chi connectivity index (χ2v) is 7.22. The fourth-order valence-electron chi connectivity index (χ4n) is 2.60. The van der Waals surface area contributed by atoms with Crippen LogP contribution in [-0.4, -0.2) is 12.6 Å². The molecular weight excluding hydrogens is 262 g/mol. The fraction of sp³-hybridized carbons (Fsp3) is 0.556. The molecule has 110 valence electrons. The molecule has 2 aromatic rings. The van der Waals surface area contributed by atoms with E-state index >= 15 is 0 Å². The molecule has 1 aromatic carbocycles. The van der Waals surface area contributed by atoms with Crippen LogP contribution >= 0.6 is 11.3 Å². The molecule has 1 unspecified atom stereocenters. The fourth-order valence-corrected chi connectivity index (χ4v) is 3.58. The standard InChI is InChI=1S/C18H27NS/c1-5-11-19-17(18(3,4)6-2)12-14-13-20-16-10-8-7-9-15(14)16/h7-10,13,17,19H,5-6,11-12H2,1-4H3. The van der Waals surface area contributed by atoms with Gasteiger partial charge in [-0.15, -0.1) is 11.3 Å². The summed E-state index contributed by atoms with van der Waals surface area (Å²) < 4.78 is 1.41. The van der Waals surface area contributed by atoms with Crippen molar-refractivity contribution in [3.05, 3.63) is 35.2 Å². The number of thiophene rings is 1. The lowest BCUT2D eigenvalue weighted by atomic mass is 9.79. The largest absolute Gasteiger partial charge is 0.313 e. The van der Waals surface area contributed by atoms with Crippen molar-refractivity contribution in [3.8, 4) is 0 Å². The molecule has 1 N–H and O–H groups in total. The van der Waals surface area contributed by atoms with E-state index in [0.29, 0.717) is 11.5 Å². The molecule has 2 heteroatoms. The molecule has 0 fully saturated rings. The van der Waals surface area contributed by atoms with Crippen LogP contribution in [0.2, 0.25) is 0 Å². The second kappa shape index (κ2) is 6.73. The van der Waals surface area contributed by atoms with E-state index in [0.717, 1.165) is 13.0 Å². The summed E-state index contributed by atoms with van der Waals surface area (Å²) in [7, 11) is 0. The van der Waals surface area contributed by atoms with Crippen molar-refractivity contribution < 1.29 is 0 Å². The third kappa shape index (κ3) is 3.42. The van der Waals surface area contributed by atoms with E-state index in [2.05, 4.69) is 62.7 Å². The maximum atomic E-state index is 3.77. The first kappa shape index (κ1) is 15.5. The maximum absolute atomic E-state index is 3.77. The monoisotopic (exact) mass is 289 g/mol. The minimum atomic E-state index is 0.332. The number of hydrogen-bond acceptors (Lipinski definition) is 2. The molecule has 20 heavy (non-hydrogen) atoms. The summed E-state index contributed by atoms with van der Waals surface area (Å²) in [6.07, 6.45) is 3.53. The summed E-state index contributed by atoms with van der Waals surface area (Å²) in [5.41, 5.74) is 1.83. The summed E-state index contributed by atoms with van der Waals surface area (Å²) in [6, 6.07) is 9.31. The van der Waals surface area contributed by atoms with Crippen LogP contribution in [0, 0.1) is 5.41 Å². The third-order valence-electron chi connectivity index (χ3n) is 4.48. The van der Waals surface area contributed by atoms with Crippen LogP contribution in [0.25, 0.3) is 10.1 Å². The molecule has 1 atom stereocenters. The van der Waals surface area contributed by atoms with Gasteiger partial charge in [-0.25, -0.2) is 0 Å². The Morgan fingerprint density at radius 3 is 2.65 bits per heavy atom. The van der Waals surface area contributed by atoms with Crippen LogP contribution in [0.3, 0.4) is 0 Å². The average molecular weight is 289 g/mol. The molecule has 0 aliphatic rings. The number of nitrogens with one attached hydrogen (secondary N) is 1. The predicted molar refractivity (Wildman–Crippen MR) is 91.7 cm³/mol. The Hall–Kier alpha value is -0.860. The van der Waals surface area contributed by atoms with Gasteiger partial charge < -0.3 is 5.32 Å². The van der Waals surface area contributed by atoms with Crippen molar-refractivity contribution in [2.24, 2.45) is 5.41 Å². The number of fused-ring (bicyclic) bond motifs is 1. The van der Waals surface area contributed by atoms with E-state index in [1.165, 1.54) is 28.5 Å². The smallest absolute Gasteiger partial charge is 0.0345 e. The molecule has 0 saturated carbocycles. The van der Waals surface area contributed by atoms with Crippen molar-refractivity contribution in [1.29, 1.82) is 0 Å². The zero-order chi connectivity index (χ0) is 14.6. The highest BCUT2D eigenvalue weighted by Gasteiger charge is 2.27. The Balaban J connectivity index is 2.22. The minimum absolute atomic E-state index is 0.332. The van der Waals surface area contributed by atoms with Gasteiger partial charge in [0.05, 0.1) is 0 Å². The first-order chi connectivity index (χ1) is 9.58. The van der Waals surface area contributed by atoms with Gasteiger partial charge in [-0.2, -0.15) is 0 Å². The Kier molecular flexibility index (Phi) is 5.22. The Morgan fingerprint density at radius 1 is 1.20 bits per heavy atom. The van der Waals surface area contributed by atoms with Crippen molar-refractivity contribution in [2.45, 2.75) is 53.0 Å². The molecule has 0 aliphatic carbocycles. The van der Waals surface area contributed by atoms with E-state index in [9.17, 15) is 0 Å². The predicted octanol–water partition coefficient (Wildman–Crippen LogP) is 5.25. The Labute approximate surface area is 127 Å². The van der Waals surface area contributed by atoms with Gasteiger partial charge in [0.2, 0.25) is 0 Å². The molecule has 2 rings (SSSR count). The number of rotatable bonds is 7. The molecular formula is C18H27NS. The van der Waals surface area contributed by atoms with Gasteiger partial charge in [-0.3, -0.25) is 0 Å². The van der Waals surface area contributed by atoms with Crippen molar-refractivity contribution in [1.82, 2.24) is 5.32 Å². The highest BCUT2D eigenvalue weighted by atomic mass is 32.1. The molecule has 0 spiro atoms. The molecule has 1 aromatic heterocycles. The van der Waals surface area contributed by atoms with E-state index < -0.39 is 0 Å². The van der Waals surface area contributed by atoms with E-state index in [4.69, 9.17) is 0 Å². The normalized spacial score (nSPS) is 13.8. The topological polar surface area (TPSA) is 12.0 Å². The Morgan fingerprint density at radius 2 is 1.95 bits per heavy atom. The summed E-state index contributed by atoms with van der Waals surface area (Å²) in [6.45, 7) is 10.4. The molecule has 0 radical (unpaired) electrons. The van der Waals surface area contributed by atoms with Gasteiger partial charge in [-0.05, 0) is 53.6 Å². The van der Waals surface area contributed by atoms with E-state index in [1.807, 2.05) is 11.3 Å². The van der Waals surface area contributed by atoms with Crippen LogP contribution in [0.1, 0.15) is 46.1 Å². The van der Waals surface area contributed by atoms with Gasteiger partial charge in [-0.1, -0.05) is 45.9 Å². The first-order valence-electron chi connectivity index (χ1n) is 7.77. The number of benzene rings is 1. The lowest BCUT2D eigenvalue weighted by molar-refractivity contribution is 0.230. The van der Waals surface area contributed by atoms with Gasteiger partial charge in [0.1, 0.15) is 0 Å². The quantitative estimate of drug-likeness (QED) is 0.734. The summed E-state index contributed by atoms with van der Waals surface area (Å²) in [4.78, 5) is 0. The van der Waals surface area contributed by atoms with Crippen LogP contribution in [-0.2, 0) is 6.42 Å². The highest BCUT2D eigenvalue weighted by Crippen LogP contribution is 2.32. The summed E-state index contributed by atoms with van der Waals surface area (Å²) >= 11 is 1.87. The molecule has 0 aliphatic heterocycles. The summed E-state index contributed by atoms with van der Waals surface area (Å²) in [5.74, 6) is 0. The van der Waals surface area contributed by atoms with Gasteiger partial charge >= 0.3 is 0 Å². The lowest BCUT2D eigenvalue weighted by Gasteiger charge is -2.34. The van der Waals surface area contributed by atoms with Crippen molar-refractivity contribution in [3.63, 3.8) is 0 Å². The van der Waals surface area contributed by atoms with Crippen LogP contribution < -0.4 is 5.32 Å². The second-order valence-electron chi connectivity index (χ2n) is 6.31. The Bertz CT molecular complexity index is 541. The van der Waals surface area contributed by atoms with Crippen LogP contribution in [0.15, 0.2) is 29.6 Å².